The lowest BCUT2D eigenvalue weighted by molar-refractivity contribution is -0.145. The Balaban J connectivity index is 1.38. The minimum atomic E-state index is -0.292. The van der Waals surface area contributed by atoms with Gasteiger partial charge in [-0.3, -0.25) is 14.5 Å². The van der Waals surface area contributed by atoms with Gasteiger partial charge in [0.05, 0.1) is 32.1 Å². The normalized spacial score (nSPS) is 20.1. The molecule has 1 atom stereocenters. The van der Waals surface area contributed by atoms with Gasteiger partial charge in [0.25, 0.3) is 5.91 Å². The summed E-state index contributed by atoms with van der Waals surface area (Å²) < 4.78 is 10.8. The molecule has 3 aliphatic rings. The predicted octanol–water partition coefficient (Wildman–Crippen LogP) is 3.99. The van der Waals surface area contributed by atoms with E-state index in [0.717, 1.165) is 61.5 Å². The highest BCUT2D eigenvalue weighted by Gasteiger charge is 2.36. The molecule has 5 rings (SSSR count). The number of rotatable bonds is 9. The highest BCUT2D eigenvalue weighted by Crippen LogP contribution is 2.35. The molecule has 0 spiro atoms. The number of nitrogens with zero attached hydrogens (tertiary/aromatic N) is 4. The number of hydrogen-bond donors (Lipinski definition) is 0. The fourth-order valence-electron chi connectivity index (χ4n) is 5.19. The van der Waals surface area contributed by atoms with Crippen LogP contribution in [0.25, 0.3) is 0 Å². The molecule has 1 saturated carbocycles. The summed E-state index contributed by atoms with van der Waals surface area (Å²) in [5.41, 5.74) is 2.53. The van der Waals surface area contributed by atoms with Gasteiger partial charge in [0.15, 0.2) is 0 Å². The van der Waals surface area contributed by atoms with E-state index in [9.17, 15) is 9.59 Å². The molecular weight excluding hydrogens is 504 g/mol. The van der Waals surface area contributed by atoms with Gasteiger partial charge in [0, 0.05) is 49.1 Å². The van der Waals surface area contributed by atoms with E-state index in [1.165, 1.54) is 0 Å². The summed E-state index contributed by atoms with van der Waals surface area (Å²) in [7, 11) is 1.63. The van der Waals surface area contributed by atoms with Crippen molar-refractivity contribution in [1.82, 2.24) is 14.8 Å². The number of halogens is 1. The van der Waals surface area contributed by atoms with E-state index >= 15 is 0 Å². The topological polar surface area (TPSA) is 74.7 Å². The number of carbonyl (C=O) groups excluding carboxylic acids is 2. The Bertz CT molecular complexity index is 1160. The Morgan fingerprint density at radius 2 is 1.84 bits per heavy atom. The molecule has 202 valence electrons. The first-order valence-corrected chi connectivity index (χ1v) is 13.8. The molecular formula is C29H35ClN4O4. The molecule has 2 heterocycles. The number of carbonyl (C=O) groups is 2. The lowest BCUT2D eigenvalue weighted by Crippen LogP contribution is -2.49. The molecule has 9 heteroatoms. The van der Waals surface area contributed by atoms with E-state index in [2.05, 4.69) is 4.90 Å². The van der Waals surface area contributed by atoms with Crippen LogP contribution < -0.4 is 4.74 Å². The van der Waals surface area contributed by atoms with Gasteiger partial charge in [-0.05, 0) is 36.6 Å². The molecule has 2 aliphatic heterocycles. The Kier molecular flexibility index (Phi) is 8.61. The first-order chi connectivity index (χ1) is 18.5. The molecule has 2 fully saturated rings. The molecule has 1 aliphatic carbocycles. The van der Waals surface area contributed by atoms with Crippen LogP contribution in [0.1, 0.15) is 42.9 Å². The third-order valence-corrected chi connectivity index (χ3v) is 8.06. The molecule has 2 amide bonds. The van der Waals surface area contributed by atoms with Crippen LogP contribution in [0.3, 0.4) is 0 Å². The third-order valence-electron chi connectivity index (χ3n) is 7.73. The van der Waals surface area contributed by atoms with Crippen molar-refractivity contribution in [3.8, 4) is 5.75 Å². The lowest BCUT2D eigenvalue weighted by atomic mass is 9.84. The number of ether oxygens (including phenoxy) is 2. The summed E-state index contributed by atoms with van der Waals surface area (Å²) in [6.45, 7) is 4.34. The summed E-state index contributed by atoms with van der Waals surface area (Å²) in [6.07, 6.45) is 3.40. The second-order valence-electron chi connectivity index (χ2n) is 10.1. The van der Waals surface area contributed by atoms with Crippen LogP contribution in [0.5, 0.6) is 5.75 Å². The third kappa shape index (κ3) is 6.03. The monoisotopic (exact) mass is 538 g/mol. The van der Waals surface area contributed by atoms with Crippen molar-refractivity contribution in [2.45, 2.75) is 31.7 Å². The van der Waals surface area contributed by atoms with Crippen molar-refractivity contribution in [3.63, 3.8) is 0 Å². The SMILES string of the molecule is COc1ccc(C2CC(c3ccccc3Cl)=NN2C(=O)CN(CCN2CCOCC2)C(=O)C2CCC2)cc1. The standard InChI is InChI=1S/C29H35ClN4O4/c1-37-23-11-9-21(10-12-23)27-19-26(24-7-2-3-8-25(24)30)31-34(27)28(35)20-33(29(36)22-5-4-6-22)14-13-32-15-17-38-18-16-32/h2-3,7-12,22,27H,4-6,13-20H2,1H3. The van der Waals surface area contributed by atoms with Gasteiger partial charge >= 0.3 is 0 Å². The largest absolute Gasteiger partial charge is 0.497 e. The first kappa shape index (κ1) is 26.7. The van der Waals surface area contributed by atoms with Crippen molar-refractivity contribution in [3.05, 3.63) is 64.7 Å². The van der Waals surface area contributed by atoms with Gasteiger partial charge < -0.3 is 14.4 Å². The lowest BCUT2D eigenvalue weighted by Gasteiger charge is -2.34. The van der Waals surface area contributed by atoms with Crippen LogP contribution in [-0.2, 0) is 14.3 Å². The van der Waals surface area contributed by atoms with Gasteiger partial charge in [-0.25, -0.2) is 5.01 Å². The van der Waals surface area contributed by atoms with Crippen molar-refractivity contribution in [2.24, 2.45) is 11.0 Å². The van der Waals surface area contributed by atoms with Crippen molar-refractivity contribution >= 4 is 29.1 Å². The van der Waals surface area contributed by atoms with E-state index in [0.29, 0.717) is 31.2 Å². The number of hydrogen-bond acceptors (Lipinski definition) is 6. The fourth-order valence-corrected chi connectivity index (χ4v) is 5.43. The Morgan fingerprint density at radius 3 is 2.50 bits per heavy atom. The quantitative estimate of drug-likeness (QED) is 0.483. The van der Waals surface area contributed by atoms with Crippen molar-refractivity contribution < 1.29 is 19.1 Å². The maximum Gasteiger partial charge on any atom is 0.262 e. The zero-order chi connectivity index (χ0) is 26.5. The van der Waals surface area contributed by atoms with E-state index < -0.39 is 0 Å². The molecule has 0 radical (unpaired) electrons. The molecule has 0 bridgehead atoms. The van der Waals surface area contributed by atoms with Crippen molar-refractivity contribution in [2.75, 3.05) is 53.0 Å². The summed E-state index contributed by atoms with van der Waals surface area (Å²) in [5, 5.41) is 6.93. The highest BCUT2D eigenvalue weighted by molar-refractivity contribution is 6.34. The maximum atomic E-state index is 13.8. The summed E-state index contributed by atoms with van der Waals surface area (Å²) >= 11 is 6.50. The van der Waals surface area contributed by atoms with E-state index in [1.54, 1.807) is 17.0 Å². The number of methoxy groups -OCH3 is 1. The molecule has 0 aromatic heterocycles. The highest BCUT2D eigenvalue weighted by atomic mass is 35.5. The smallest absolute Gasteiger partial charge is 0.262 e. The molecule has 1 unspecified atom stereocenters. The average Bonchev–Trinajstić information content (AvgIpc) is 3.36. The van der Waals surface area contributed by atoms with E-state index in [1.807, 2.05) is 48.5 Å². The van der Waals surface area contributed by atoms with Gasteiger partial charge in [0.2, 0.25) is 5.91 Å². The predicted molar refractivity (Wildman–Crippen MR) is 146 cm³/mol. The second-order valence-corrected chi connectivity index (χ2v) is 10.5. The minimum Gasteiger partial charge on any atom is -0.497 e. The molecule has 8 nitrogen and oxygen atoms in total. The number of amides is 2. The number of morpholine rings is 1. The van der Waals surface area contributed by atoms with Crippen LogP contribution in [0.4, 0.5) is 0 Å². The Morgan fingerprint density at radius 1 is 1.11 bits per heavy atom. The summed E-state index contributed by atoms with van der Waals surface area (Å²) in [4.78, 5) is 31.2. The van der Waals surface area contributed by atoms with Gasteiger partial charge in [-0.15, -0.1) is 0 Å². The fraction of sp³-hybridized carbons (Fsp3) is 0.483. The van der Waals surface area contributed by atoms with Crippen LogP contribution in [0.2, 0.25) is 5.02 Å². The second kappa shape index (κ2) is 12.3. The van der Waals surface area contributed by atoms with E-state index in [4.69, 9.17) is 26.2 Å². The Hall–Kier alpha value is -2.94. The van der Waals surface area contributed by atoms with Gasteiger partial charge in [-0.2, -0.15) is 5.10 Å². The number of benzene rings is 2. The molecule has 0 N–H and O–H groups in total. The van der Waals surface area contributed by atoms with Crippen LogP contribution in [0.15, 0.2) is 53.6 Å². The summed E-state index contributed by atoms with van der Waals surface area (Å²) in [5.74, 6) is 0.652. The Labute approximate surface area is 229 Å². The van der Waals surface area contributed by atoms with Gasteiger partial charge in [0.1, 0.15) is 12.3 Å². The summed E-state index contributed by atoms with van der Waals surface area (Å²) in [6, 6.07) is 15.0. The molecule has 2 aromatic carbocycles. The van der Waals surface area contributed by atoms with Crippen LogP contribution >= 0.6 is 11.6 Å². The van der Waals surface area contributed by atoms with Crippen molar-refractivity contribution in [1.29, 1.82) is 0 Å². The zero-order valence-corrected chi connectivity index (χ0v) is 22.6. The molecule has 2 aromatic rings. The molecule has 1 saturated heterocycles. The van der Waals surface area contributed by atoms with Gasteiger partial charge in [-0.1, -0.05) is 48.4 Å². The maximum absolute atomic E-state index is 13.8. The minimum absolute atomic E-state index is 0.00559. The van der Waals surface area contributed by atoms with Crippen LogP contribution in [0, 0.1) is 5.92 Å². The zero-order valence-electron chi connectivity index (χ0n) is 21.9. The van der Waals surface area contributed by atoms with E-state index in [-0.39, 0.29) is 30.3 Å². The number of hydrazone groups is 1. The average molecular weight is 539 g/mol. The first-order valence-electron chi connectivity index (χ1n) is 13.4. The van der Waals surface area contributed by atoms with Crippen LogP contribution in [-0.4, -0.2) is 85.4 Å². The molecule has 38 heavy (non-hydrogen) atoms.